The molecule has 0 saturated heterocycles. The lowest BCUT2D eigenvalue weighted by atomic mass is 9.91. The summed E-state index contributed by atoms with van der Waals surface area (Å²) in [6, 6.07) is 0.835. The van der Waals surface area contributed by atoms with Gasteiger partial charge in [0.15, 0.2) is 0 Å². The Labute approximate surface area is 106 Å². The lowest BCUT2D eigenvalue weighted by Crippen LogP contribution is -2.26. The Hall–Kier alpha value is -0.120. The second-order valence-electron chi connectivity index (χ2n) is 5.38. The minimum Gasteiger partial charge on any atom is -0.382 e. The molecular formula is C14H29NO2. The maximum Gasteiger partial charge on any atom is 0.0700 e. The van der Waals surface area contributed by atoms with Crippen molar-refractivity contribution in [2.24, 2.45) is 11.8 Å². The van der Waals surface area contributed by atoms with Gasteiger partial charge >= 0.3 is 0 Å². The van der Waals surface area contributed by atoms with Crippen LogP contribution in [0, 0.1) is 11.8 Å². The van der Waals surface area contributed by atoms with E-state index in [1.807, 2.05) is 0 Å². The summed E-state index contributed by atoms with van der Waals surface area (Å²) < 4.78 is 10.4. The van der Waals surface area contributed by atoms with Gasteiger partial charge < -0.3 is 14.8 Å². The highest BCUT2D eigenvalue weighted by molar-refractivity contribution is 4.81. The normalized spacial score (nSPS) is 19.2. The molecule has 1 fully saturated rings. The third-order valence-electron chi connectivity index (χ3n) is 3.66. The molecule has 1 aliphatic rings. The van der Waals surface area contributed by atoms with E-state index in [4.69, 9.17) is 9.47 Å². The molecule has 3 heteroatoms. The smallest absolute Gasteiger partial charge is 0.0700 e. The van der Waals surface area contributed by atoms with Gasteiger partial charge in [0, 0.05) is 19.8 Å². The van der Waals surface area contributed by atoms with Crippen molar-refractivity contribution in [1.82, 2.24) is 5.32 Å². The summed E-state index contributed by atoms with van der Waals surface area (Å²) in [5.74, 6) is 1.56. The highest BCUT2D eigenvalue weighted by Crippen LogP contribution is 2.21. The quantitative estimate of drug-likeness (QED) is 0.565. The van der Waals surface area contributed by atoms with Gasteiger partial charge in [-0.05, 0) is 44.1 Å². The molecule has 1 saturated carbocycles. The Morgan fingerprint density at radius 3 is 2.53 bits per heavy atom. The van der Waals surface area contributed by atoms with E-state index in [1.54, 1.807) is 7.11 Å². The lowest BCUT2D eigenvalue weighted by Gasteiger charge is -2.20. The monoisotopic (exact) mass is 243 g/mol. The molecule has 0 amide bonds. The van der Waals surface area contributed by atoms with E-state index in [1.165, 1.54) is 32.2 Å². The predicted octanol–water partition coefficient (Wildman–Crippen LogP) is 2.45. The zero-order valence-electron chi connectivity index (χ0n) is 11.7. The van der Waals surface area contributed by atoms with Crippen LogP contribution in [0.2, 0.25) is 0 Å². The van der Waals surface area contributed by atoms with Gasteiger partial charge in [-0.25, -0.2) is 0 Å². The first-order valence-corrected chi connectivity index (χ1v) is 7.04. The van der Waals surface area contributed by atoms with Gasteiger partial charge in [0.25, 0.3) is 0 Å². The largest absolute Gasteiger partial charge is 0.382 e. The van der Waals surface area contributed by atoms with E-state index in [2.05, 4.69) is 19.2 Å². The number of methoxy groups -OCH3 is 1. The zero-order valence-corrected chi connectivity index (χ0v) is 11.7. The molecule has 1 rings (SSSR count). The van der Waals surface area contributed by atoms with Crippen molar-refractivity contribution >= 4 is 0 Å². The maximum absolute atomic E-state index is 5.47. The molecule has 2 unspecified atom stereocenters. The predicted molar refractivity (Wildman–Crippen MR) is 71.3 cm³/mol. The molecule has 3 nitrogen and oxygen atoms in total. The van der Waals surface area contributed by atoms with Crippen molar-refractivity contribution in [1.29, 1.82) is 0 Å². The second-order valence-corrected chi connectivity index (χ2v) is 5.38. The standard InChI is InChI=1S/C14H29NO2/c1-12(5-4-8-17-10-9-16-3)13(2)11-15-14-6-7-14/h12-15H,4-11H2,1-3H3. The molecule has 0 bridgehead atoms. The minimum absolute atomic E-state index is 0.706. The van der Waals surface area contributed by atoms with Gasteiger partial charge in [0.05, 0.1) is 13.2 Å². The Morgan fingerprint density at radius 1 is 1.12 bits per heavy atom. The molecule has 17 heavy (non-hydrogen) atoms. The Kier molecular flexibility index (Phi) is 7.82. The summed E-state index contributed by atoms with van der Waals surface area (Å²) in [5, 5.41) is 3.61. The Balaban J connectivity index is 1.89. The highest BCUT2D eigenvalue weighted by atomic mass is 16.5. The Morgan fingerprint density at radius 2 is 1.88 bits per heavy atom. The van der Waals surface area contributed by atoms with E-state index < -0.39 is 0 Å². The molecule has 2 atom stereocenters. The van der Waals surface area contributed by atoms with Crippen molar-refractivity contribution in [3.8, 4) is 0 Å². The number of ether oxygens (including phenoxy) is 2. The van der Waals surface area contributed by atoms with Crippen LogP contribution >= 0.6 is 0 Å². The van der Waals surface area contributed by atoms with Crippen LogP contribution < -0.4 is 5.32 Å². The number of hydrogen-bond donors (Lipinski definition) is 1. The van der Waals surface area contributed by atoms with Crippen LogP contribution in [0.25, 0.3) is 0 Å². The first-order valence-electron chi connectivity index (χ1n) is 7.04. The fraction of sp³-hybridized carbons (Fsp3) is 1.00. The van der Waals surface area contributed by atoms with E-state index in [9.17, 15) is 0 Å². The maximum atomic E-state index is 5.47. The van der Waals surface area contributed by atoms with Crippen LogP contribution in [0.15, 0.2) is 0 Å². The van der Waals surface area contributed by atoms with Gasteiger partial charge in [0.1, 0.15) is 0 Å². The molecule has 0 spiro atoms. The minimum atomic E-state index is 0.706. The van der Waals surface area contributed by atoms with Crippen LogP contribution in [0.5, 0.6) is 0 Å². The van der Waals surface area contributed by atoms with Crippen molar-refractivity contribution in [3.05, 3.63) is 0 Å². The molecule has 0 aromatic heterocycles. The van der Waals surface area contributed by atoms with Crippen molar-refractivity contribution in [3.63, 3.8) is 0 Å². The number of rotatable bonds is 11. The number of nitrogens with one attached hydrogen (secondary N) is 1. The third-order valence-corrected chi connectivity index (χ3v) is 3.66. The molecule has 0 heterocycles. The van der Waals surface area contributed by atoms with E-state index >= 15 is 0 Å². The molecule has 0 aliphatic heterocycles. The summed E-state index contributed by atoms with van der Waals surface area (Å²) in [5.41, 5.74) is 0. The van der Waals surface area contributed by atoms with E-state index in [-0.39, 0.29) is 0 Å². The topological polar surface area (TPSA) is 30.5 Å². The van der Waals surface area contributed by atoms with Crippen molar-refractivity contribution in [2.75, 3.05) is 33.5 Å². The third kappa shape index (κ3) is 7.74. The molecule has 0 radical (unpaired) electrons. The van der Waals surface area contributed by atoms with Gasteiger partial charge in [-0.3, -0.25) is 0 Å². The molecule has 1 aliphatic carbocycles. The first kappa shape index (κ1) is 14.9. The molecule has 1 N–H and O–H groups in total. The SMILES string of the molecule is COCCOCCCC(C)C(C)CNC1CC1. The highest BCUT2D eigenvalue weighted by Gasteiger charge is 2.22. The summed E-state index contributed by atoms with van der Waals surface area (Å²) in [6.07, 6.45) is 5.20. The second kappa shape index (κ2) is 8.90. The van der Waals surface area contributed by atoms with Gasteiger partial charge in [-0.1, -0.05) is 13.8 Å². The summed E-state index contributed by atoms with van der Waals surface area (Å²) in [4.78, 5) is 0. The van der Waals surface area contributed by atoms with Crippen molar-refractivity contribution in [2.45, 2.75) is 45.6 Å². The summed E-state index contributed by atoms with van der Waals surface area (Å²) >= 11 is 0. The molecule has 0 aromatic rings. The molecule has 0 aromatic carbocycles. The van der Waals surface area contributed by atoms with Crippen molar-refractivity contribution < 1.29 is 9.47 Å². The van der Waals surface area contributed by atoms with Crippen LogP contribution in [0.4, 0.5) is 0 Å². The van der Waals surface area contributed by atoms with Crippen LogP contribution in [-0.4, -0.2) is 39.5 Å². The molecule has 102 valence electrons. The lowest BCUT2D eigenvalue weighted by molar-refractivity contribution is 0.0665. The summed E-state index contributed by atoms with van der Waals surface area (Å²) in [7, 11) is 1.71. The van der Waals surface area contributed by atoms with E-state index in [0.29, 0.717) is 6.61 Å². The van der Waals surface area contributed by atoms with Gasteiger partial charge in [-0.15, -0.1) is 0 Å². The average Bonchev–Trinajstić information content (AvgIpc) is 3.14. The number of hydrogen-bond acceptors (Lipinski definition) is 3. The zero-order chi connectivity index (χ0) is 12.5. The fourth-order valence-corrected chi connectivity index (χ4v) is 1.88. The van der Waals surface area contributed by atoms with E-state index in [0.717, 1.165) is 31.1 Å². The van der Waals surface area contributed by atoms with Crippen LogP contribution in [0.1, 0.15) is 39.5 Å². The van der Waals surface area contributed by atoms with Gasteiger partial charge in [0.2, 0.25) is 0 Å². The first-order chi connectivity index (χ1) is 8.24. The van der Waals surface area contributed by atoms with Gasteiger partial charge in [-0.2, -0.15) is 0 Å². The van der Waals surface area contributed by atoms with Crippen LogP contribution in [0.3, 0.4) is 0 Å². The average molecular weight is 243 g/mol. The summed E-state index contributed by atoms with van der Waals surface area (Å²) in [6.45, 7) is 8.19. The molecular weight excluding hydrogens is 214 g/mol. The fourth-order valence-electron chi connectivity index (χ4n) is 1.88. The van der Waals surface area contributed by atoms with Crippen LogP contribution in [-0.2, 0) is 9.47 Å². The Bertz CT molecular complexity index is 183.